The van der Waals surface area contributed by atoms with E-state index in [2.05, 4.69) is 4.90 Å². The van der Waals surface area contributed by atoms with Crippen LogP contribution in [-0.2, 0) is 9.84 Å². The second-order valence-electron chi connectivity index (χ2n) is 7.54. The van der Waals surface area contributed by atoms with E-state index < -0.39 is 9.84 Å². The van der Waals surface area contributed by atoms with Crippen molar-refractivity contribution in [2.75, 3.05) is 38.2 Å². The van der Waals surface area contributed by atoms with Gasteiger partial charge in [0.25, 0.3) is 5.91 Å². The minimum Gasteiger partial charge on any atom is -0.504 e. The number of phenolic OH excluding ortho intramolecular Hbond substituents is 1. The lowest BCUT2D eigenvalue weighted by molar-refractivity contribution is 0.0318. The summed E-state index contributed by atoms with van der Waals surface area (Å²) in [5, 5.41) is 9.73. The zero-order chi connectivity index (χ0) is 18.5. The number of rotatable bonds is 4. The van der Waals surface area contributed by atoms with Crippen LogP contribution in [0.2, 0.25) is 0 Å². The fourth-order valence-electron chi connectivity index (χ4n) is 4.11. The Labute approximate surface area is 153 Å². The highest BCUT2D eigenvalue weighted by atomic mass is 32.2. The number of benzene rings is 1. The summed E-state index contributed by atoms with van der Waals surface area (Å²) in [6.45, 7) is 2.16. The van der Waals surface area contributed by atoms with Gasteiger partial charge in [-0.3, -0.25) is 9.69 Å². The molecule has 1 aliphatic carbocycles. The molecule has 0 aromatic heterocycles. The summed E-state index contributed by atoms with van der Waals surface area (Å²) >= 11 is 0. The third kappa shape index (κ3) is 3.27. The van der Waals surface area contributed by atoms with Crippen LogP contribution >= 0.6 is 0 Å². The van der Waals surface area contributed by atoms with E-state index in [4.69, 9.17) is 4.74 Å². The summed E-state index contributed by atoms with van der Waals surface area (Å²) in [6.07, 6.45) is 2.44. The van der Waals surface area contributed by atoms with Gasteiger partial charge >= 0.3 is 0 Å². The molecule has 2 aliphatic heterocycles. The fraction of sp³-hybridized carbons (Fsp3) is 0.611. The molecule has 0 bridgehead atoms. The van der Waals surface area contributed by atoms with Crippen molar-refractivity contribution in [1.82, 2.24) is 9.80 Å². The number of methoxy groups -OCH3 is 1. The summed E-state index contributed by atoms with van der Waals surface area (Å²) < 4.78 is 29.6. The van der Waals surface area contributed by atoms with E-state index in [-0.39, 0.29) is 41.0 Å². The van der Waals surface area contributed by atoms with E-state index >= 15 is 0 Å². The number of sulfone groups is 1. The van der Waals surface area contributed by atoms with Crippen molar-refractivity contribution in [2.24, 2.45) is 5.92 Å². The molecule has 7 nitrogen and oxygen atoms in total. The number of aromatic hydroxyl groups is 1. The average molecular weight is 380 g/mol. The van der Waals surface area contributed by atoms with E-state index in [9.17, 15) is 18.3 Å². The van der Waals surface area contributed by atoms with Crippen LogP contribution < -0.4 is 4.74 Å². The Hall–Kier alpha value is -1.80. The van der Waals surface area contributed by atoms with Crippen molar-refractivity contribution in [3.05, 3.63) is 23.8 Å². The molecule has 0 spiro atoms. The molecule has 142 valence electrons. The molecule has 2 heterocycles. The maximum Gasteiger partial charge on any atom is 0.254 e. The largest absolute Gasteiger partial charge is 0.504 e. The normalized spacial score (nSPS) is 28.0. The van der Waals surface area contributed by atoms with Gasteiger partial charge in [-0.15, -0.1) is 0 Å². The van der Waals surface area contributed by atoms with Crippen LogP contribution in [0.4, 0.5) is 0 Å². The number of amides is 1. The standard InChI is InChI=1S/C18H24N2O5S/c1-25-17-8-13(4-5-16(17)21)18(22)20-7-6-19(9-12-2-3-12)14-10-26(23,24)11-15(14)20/h4-5,8,12,14-15,21H,2-3,6-7,9-11H2,1H3/t14-,15+/m1/s1. The number of piperazine rings is 1. The minimum atomic E-state index is -3.15. The first-order valence-corrected chi connectivity index (χ1v) is 10.8. The lowest BCUT2D eigenvalue weighted by Gasteiger charge is -2.44. The summed E-state index contributed by atoms with van der Waals surface area (Å²) in [6, 6.07) is 4.07. The predicted molar refractivity (Wildman–Crippen MR) is 96.2 cm³/mol. The summed E-state index contributed by atoms with van der Waals surface area (Å²) in [4.78, 5) is 17.0. The maximum atomic E-state index is 13.0. The highest BCUT2D eigenvalue weighted by Crippen LogP contribution is 2.35. The molecule has 8 heteroatoms. The molecular weight excluding hydrogens is 356 g/mol. The van der Waals surface area contributed by atoms with Crippen LogP contribution in [0, 0.1) is 5.92 Å². The van der Waals surface area contributed by atoms with Crippen LogP contribution in [0.5, 0.6) is 11.5 Å². The minimum absolute atomic E-state index is 0.0276. The zero-order valence-electron chi connectivity index (χ0n) is 14.8. The van der Waals surface area contributed by atoms with Crippen molar-refractivity contribution in [3.8, 4) is 11.5 Å². The highest BCUT2D eigenvalue weighted by molar-refractivity contribution is 7.91. The number of carbonyl (C=O) groups is 1. The molecule has 1 saturated carbocycles. The molecule has 26 heavy (non-hydrogen) atoms. The van der Waals surface area contributed by atoms with Gasteiger partial charge in [-0.2, -0.15) is 0 Å². The topological polar surface area (TPSA) is 87.2 Å². The molecule has 1 N–H and O–H groups in total. The molecule has 3 fully saturated rings. The Bertz CT molecular complexity index is 821. The quantitative estimate of drug-likeness (QED) is 0.829. The Morgan fingerprint density at radius 1 is 1.23 bits per heavy atom. The predicted octanol–water partition coefficient (Wildman–Crippen LogP) is 0.734. The van der Waals surface area contributed by atoms with Crippen LogP contribution in [0.1, 0.15) is 23.2 Å². The van der Waals surface area contributed by atoms with Gasteiger partial charge in [0.1, 0.15) is 0 Å². The van der Waals surface area contributed by atoms with E-state index in [1.54, 1.807) is 11.0 Å². The summed E-state index contributed by atoms with van der Waals surface area (Å²) in [7, 11) is -1.72. The molecule has 1 aromatic rings. The van der Waals surface area contributed by atoms with Gasteiger partial charge in [0.2, 0.25) is 0 Å². The van der Waals surface area contributed by atoms with Crippen LogP contribution in [0.25, 0.3) is 0 Å². The van der Waals surface area contributed by atoms with Gasteiger partial charge in [-0.05, 0) is 37.0 Å². The van der Waals surface area contributed by atoms with Gasteiger partial charge in [0, 0.05) is 31.2 Å². The first-order valence-electron chi connectivity index (χ1n) is 9.00. The molecule has 1 amide bonds. The molecule has 2 atom stereocenters. The van der Waals surface area contributed by atoms with Crippen molar-refractivity contribution >= 4 is 15.7 Å². The first kappa shape index (κ1) is 17.6. The molecule has 3 aliphatic rings. The Morgan fingerprint density at radius 3 is 2.65 bits per heavy atom. The lowest BCUT2D eigenvalue weighted by atomic mass is 10.0. The molecular formula is C18H24N2O5S. The first-order chi connectivity index (χ1) is 12.4. The van der Waals surface area contributed by atoms with Crippen LogP contribution in [0.15, 0.2) is 18.2 Å². The Morgan fingerprint density at radius 2 is 1.96 bits per heavy atom. The number of phenols is 1. The van der Waals surface area contributed by atoms with Crippen molar-refractivity contribution in [3.63, 3.8) is 0 Å². The summed E-state index contributed by atoms with van der Waals surface area (Å²) in [5.41, 5.74) is 0.401. The van der Waals surface area contributed by atoms with Crippen molar-refractivity contribution in [2.45, 2.75) is 24.9 Å². The van der Waals surface area contributed by atoms with Gasteiger partial charge < -0.3 is 14.7 Å². The molecule has 0 unspecified atom stereocenters. The number of nitrogens with zero attached hydrogens (tertiary/aromatic N) is 2. The zero-order valence-corrected chi connectivity index (χ0v) is 15.6. The van der Waals surface area contributed by atoms with E-state index in [0.29, 0.717) is 24.6 Å². The second-order valence-corrected chi connectivity index (χ2v) is 9.69. The molecule has 4 rings (SSSR count). The van der Waals surface area contributed by atoms with E-state index in [0.717, 1.165) is 6.54 Å². The summed E-state index contributed by atoms with van der Waals surface area (Å²) in [5.74, 6) is 0.842. The molecule has 2 saturated heterocycles. The SMILES string of the molecule is COc1cc(C(=O)N2CCN(CC3CC3)[C@@H]3CS(=O)(=O)C[C@@H]32)ccc1O. The monoisotopic (exact) mass is 380 g/mol. The molecule has 0 radical (unpaired) electrons. The Kier molecular flexibility index (Phi) is 4.35. The third-order valence-electron chi connectivity index (χ3n) is 5.67. The maximum absolute atomic E-state index is 13.0. The number of carbonyl (C=O) groups excluding carboxylic acids is 1. The van der Waals surface area contributed by atoms with Gasteiger partial charge in [-0.1, -0.05) is 0 Å². The number of hydrogen-bond donors (Lipinski definition) is 1. The average Bonchev–Trinajstić information content (AvgIpc) is 3.35. The highest BCUT2D eigenvalue weighted by Gasteiger charge is 2.48. The van der Waals surface area contributed by atoms with Gasteiger partial charge in [0.15, 0.2) is 21.3 Å². The van der Waals surface area contributed by atoms with Crippen molar-refractivity contribution < 1.29 is 23.1 Å². The smallest absolute Gasteiger partial charge is 0.254 e. The number of hydrogen-bond acceptors (Lipinski definition) is 6. The third-order valence-corrected chi connectivity index (χ3v) is 7.37. The Balaban J connectivity index is 1.59. The van der Waals surface area contributed by atoms with E-state index in [1.807, 2.05) is 0 Å². The van der Waals surface area contributed by atoms with Crippen LogP contribution in [-0.4, -0.2) is 79.6 Å². The number of fused-ring (bicyclic) bond motifs is 1. The fourth-order valence-corrected chi connectivity index (χ4v) is 6.12. The molecule has 1 aromatic carbocycles. The van der Waals surface area contributed by atoms with Crippen molar-refractivity contribution in [1.29, 1.82) is 0 Å². The van der Waals surface area contributed by atoms with Crippen LogP contribution in [0.3, 0.4) is 0 Å². The number of ether oxygens (including phenoxy) is 1. The second kappa shape index (κ2) is 6.42. The van der Waals surface area contributed by atoms with E-state index in [1.165, 1.54) is 32.1 Å². The lowest BCUT2D eigenvalue weighted by Crippen LogP contribution is -2.60. The van der Waals surface area contributed by atoms with Gasteiger partial charge in [0.05, 0.1) is 24.7 Å². The van der Waals surface area contributed by atoms with Gasteiger partial charge in [-0.25, -0.2) is 8.42 Å².